The predicted octanol–water partition coefficient (Wildman–Crippen LogP) is 6.26. The van der Waals surface area contributed by atoms with Crippen LogP contribution in [-0.4, -0.2) is 25.2 Å². The molecule has 0 atom stereocenters. The molecule has 0 unspecified atom stereocenters. The van der Waals surface area contributed by atoms with E-state index in [1.54, 1.807) is 16.1 Å². The number of benzene rings is 4. The summed E-state index contributed by atoms with van der Waals surface area (Å²) in [4.78, 5) is 1.70. The Morgan fingerprint density at radius 3 is 2.38 bits per heavy atom. The third kappa shape index (κ3) is 3.46. The first-order valence-electron chi connectivity index (χ1n) is 10.3. The minimum absolute atomic E-state index is 0.875. The number of hydrogen-bond acceptors (Lipinski definition) is 5. The number of hydrogen-bond donors (Lipinski definition) is 0. The maximum Gasteiger partial charge on any atom is 0.148 e. The van der Waals surface area contributed by atoms with Crippen molar-refractivity contribution in [2.24, 2.45) is 0 Å². The first-order valence-corrected chi connectivity index (χ1v) is 11.1. The highest BCUT2D eigenvalue weighted by atomic mass is 32.1. The zero-order valence-electron chi connectivity index (χ0n) is 17.0. The normalized spacial score (nSPS) is 11.6. The molecule has 0 bridgehead atoms. The molecular formula is C26H17N5S. The topological polar surface area (TPSA) is 56.5 Å². The third-order valence-electron chi connectivity index (χ3n) is 5.28. The molecule has 2 aromatic heterocycles. The number of rotatable bonds is 4. The van der Waals surface area contributed by atoms with Crippen molar-refractivity contribution in [1.82, 2.24) is 25.2 Å². The summed E-state index contributed by atoms with van der Waals surface area (Å²) in [5.74, 6) is 0. The van der Waals surface area contributed by atoms with E-state index in [9.17, 15) is 0 Å². The van der Waals surface area contributed by atoms with E-state index in [1.165, 1.54) is 5.39 Å². The highest BCUT2D eigenvalue weighted by Crippen LogP contribution is 2.25. The van der Waals surface area contributed by atoms with E-state index in [4.69, 9.17) is 5.10 Å². The summed E-state index contributed by atoms with van der Waals surface area (Å²) in [6, 6.07) is 30.6. The van der Waals surface area contributed by atoms with Gasteiger partial charge in [-0.05, 0) is 35.2 Å². The van der Waals surface area contributed by atoms with E-state index in [2.05, 4.69) is 45.6 Å². The van der Waals surface area contributed by atoms with Gasteiger partial charge in [0.1, 0.15) is 21.0 Å². The van der Waals surface area contributed by atoms with Gasteiger partial charge in [-0.2, -0.15) is 4.80 Å². The van der Waals surface area contributed by atoms with E-state index in [-0.39, 0.29) is 0 Å². The summed E-state index contributed by atoms with van der Waals surface area (Å²) < 4.78 is 0. The van der Waals surface area contributed by atoms with Crippen LogP contribution >= 0.6 is 11.3 Å². The van der Waals surface area contributed by atoms with E-state index >= 15 is 0 Å². The molecular weight excluding hydrogens is 414 g/mol. The summed E-state index contributed by atoms with van der Waals surface area (Å²) >= 11 is 1.58. The van der Waals surface area contributed by atoms with Gasteiger partial charge in [0.2, 0.25) is 0 Å². The Balaban J connectivity index is 1.25. The largest absolute Gasteiger partial charge is 0.150 e. The van der Waals surface area contributed by atoms with Gasteiger partial charge in [-0.15, -0.1) is 20.4 Å². The number of nitrogens with zero attached hydrogens (tertiary/aromatic N) is 5. The minimum Gasteiger partial charge on any atom is -0.150 e. The second-order valence-electron chi connectivity index (χ2n) is 7.38. The summed E-state index contributed by atoms with van der Waals surface area (Å²) in [5, 5.41) is 22.0. The Labute approximate surface area is 188 Å². The van der Waals surface area contributed by atoms with Crippen LogP contribution in [0.15, 0.2) is 91.0 Å². The van der Waals surface area contributed by atoms with Gasteiger partial charge >= 0.3 is 0 Å². The molecule has 0 aliphatic rings. The Morgan fingerprint density at radius 2 is 1.50 bits per heavy atom. The summed E-state index contributed by atoms with van der Waals surface area (Å²) in [5.41, 5.74) is 4.88. The lowest BCUT2D eigenvalue weighted by Gasteiger charge is -1.99. The van der Waals surface area contributed by atoms with Gasteiger partial charge in [0.05, 0.1) is 5.69 Å². The Morgan fingerprint density at radius 1 is 0.688 bits per heavy atom. The van der Waals surface area contributed by atoms with Crippen LogP contribution in [0.5, 0.6) is 0 Å². The molecule has 5 nitrogen and oxygen atoms in total. The van der Waals surface area contributed by atoms with Crippen LogP contribution < -0.4 is 0 Å². The maximum absolute atomic E-state index is 4.74. The van der Waals surface area contributed by atoms with Gasteiger partial charge in [0.15, 0.2) is 0 Å². The molecule has 6 aromatic rings. The molecule has 152 valence electrons. The van der Waals surface area contributed by atoms with Gasteiger partial charge in [0, 0.05) is 10.9 Å². The molecule has 0 aliphatic heterocycles. The van der Waals surface area contributed by atoms with Crippen molar-refractivity contribution in [1.29, 1.82) is 0 Å². The van der Waals surface area contributed by atoms with Gasteiger partial charge in [-0.25, -0.2) is 0 Å². The van der Waals surface area contributed by atoms with Crippen LogP contribution in [0.3, 0.4) is 0 Å². The SMILES string of the molecule is C(=Cc1nnc(-c2ccccc2)s1)c1ccc(-n2nc3ccc4ccccc4c3n2)cc1. The fourth-order valence-corrected chi connectivity index (χ4v) is 4.40. The zero-order chi connectivity index (χ0) is 21.3. The molecule has 6 rings (SSSR count). The van der Waals surface area contributed by atoms with Gasteiger partial charge < -0.3 is 0 Å². The van der Waals surface area contributed by atoms with E-state index in [0.29, 0.717) is 0 Å². The number of aromatic nitrogens is 5. The molecule has 0 N–H and O–H groups in total. The van der Waals surface area contributed by atoms with Crippen LogP contribution in [0.1, 0.15) is 10.6 Å². The zero-order valence-corrected chi connectivity index (χ0v) is 17.8. The first-order chi connectivity index (χ1) is 15.8. The van der Waals surface area contributed by atoms with Crippen molar-refractivity contribution < 1.29 is 0 Å². The van der Waals surface area contributed by atoms with Crippen molar-refractivity contribution in [2.75, 3.05) is 0 Å². The molecule has 4 aromatic carbocycles. The van der Waals surface area contributed by atoms with Crippen molar-refractivity contribution in [3.05, 3.63) is 102 Å². The highest BCUT2D eigenvalue weighted by molar-refractivity contribution is 7.15. The number of fused-ring (bicyclic) bond motifs is 3. The molecule has 2 heterocycles. The summed E-state index contributed by atoms with van der Waals surface area (Å²) in [6.45, 7) is 0. The standard InChI is InChI=1S/C26H17N5S/c1-2-7-20(8-3-1)26-28-27-24(32-26)17-12-18-10-14-21(15-11-18)31-29-23-16-13-19-6-4-5-9-22(19)25(23)30-31/h1-17H. The molecule has 0 spiro atoms. The Bertz CT molecular complexity index is 1560. The molecule has 0 fully saturated rings. The van der Waals surface area contributed by atoms with Crippen LogP contribution in [0.2, 0.25) is 0 Å². The van der Waals surface area contributed by atoms with Crippen LogP contribution in [0, 0.1) is 0 Å². The van der Waals surface area contributed by atoms with Crippen LogP contribution in [0.25, 0.3) is 50.2 Å². The quantitative estimate of drug-likeness (QED) is 0.330. The predicted molar refractivity (Wildman–Crippen MR) is 131 cm³/mol. The Kier molecular flexibility index (Phi) is 4.55. The lowest BCUT2D eigenvalue weighted by atomic mass is 10.1. The molecule has 0 saturated heterocycles. The second-order valence-corrected chi connectivity index (χ2v) is 8.39. The van der Waals surface area contributed by atoms with Crippen molar-refractivity contribution in [3.63, 3.8) is 0 Å². The summed E-state index contributed by atoms with van der Waals surface area (Å²) in [6.07, 6.45) is 4.03. The first kappa shape index (κ1) is 18.6. The fourth-order valence-electron chi connectivity index (χ4n) is 3.65. The minimum atomic E-state index is 0.875. The summed E-state index contributed by atoms with van der Waals surface area (Å²) in [7, 11) is 0. The molecule has 6 heteroatoms. The lowest BCUT2D eigenvalue weighted by molar-refractivity contribution is 0.766. The monoisotopic (exact) mass is 431 g/mol. The fraction of sp³-hybridized carbons (Fsp3) is 0. The van der Waals surface area contributed by atoms with E-state index < -0.39 is 0 Å². The smallest absolute Gasteiger partial charge is 0.148 e. The van der Waals surface area contributed by atoms with Gasteiger partial charge in [0.25, 0.3) is 0 Å². The molecule has 0 amide bonds. The van der Waals surface area contributed by atoms with Crippen molar-refractivity contribution in [3.8, 4) is 16.3 Å². The molecule has 0 saturated carbocycles. The van der Waals surface area contributed by atoms with Crippen molar-refractivity contribution in [2.45, 2.75) is 0 Å². The van der Waals surface area contributed by atoms with E-state index in [1.807, 2.05) is 72.8 Å². The molecule has 0 radical (unpaired) electrons. The lowest BCUT2D eigenvalue weighted by Crippen LogP contribution is -1.97. The van der Waals surface area contributed by atoms with Gasteiger partial charge in [-0.3, -0.25) is 0 Å². The second kappa shape index (κ2) is 7.83. The van der Waals surface area contributed by atoms with Crippen LogP contribution in [-0.2, 0) is 0 Å². The highest BCUT2D eigenvalue weighted by Gasteiger charge is 2.08. The maximum atomic E-state index is 4.74. The average molecular weight is 432 g/mol. The van der Waals surface area contributed by atoms with Crippen LogP contribution in [0.4, 0.5) is 0 Å². The Hall–Kier alpha value is -4.16. The average Bonchev–Trinajstić information content (AvgIpc) is 3.51. The van der Waals surface area contributed by atoms with Gasteiger partial charge in [-0.1, -0.05) is 90.2 Å². The molecule has 32 heavy (non-hydrogen) atoms. The third-order valence-corrected chi connectivity index (χ3v) is 6.22. The van der Waals surface area contributed by atoms with E-state index in [0.717, 1.165) is 43.2 Å². The van der Waals surface area contributed by atoms with Crippen molar-refractivity contribution >= 4 is 45.3 Å². The molecule has 0 aliphatic carbocycles.